The van der Waals surface area contributed by atoms with Crippen molar-refractivity contribution in [2.24, 2.45) is 5.92 Å². The standard InChI is InChI=1S/C19H27ClN4O3S/c1-12(2)8-9-28(26,27)23-16-6-7-18(17(20)11-16)21-19(25)15(5)24-14(4)10-13(3)22-24/h6-7,10-12,15,23H,8-9H2,1-5H3,(H,21,25). The maximum atomic E-state index is 12.5. The van der Waals surface area contributed by atoms with E-state index in [2.05, 4.69) is 15.1 Å². The summed E-state index contributed by atoms with van der Waals surface area (Å²) < 4.78 is 28.4. The van der Waals surface area contributed by atoms with Gasteiger partial charge in [-0.05, 0) is 57.4 Å². The van der Waals surface area contributed by atoms with E-state index in [4.69, 9.17) is 11.6 Å². The van der Waals surface area contributed by atoms with Crippen LogP contribution < -0.4 is 10.0 Å². The van der Waals surface area contributed by atoms with Gasteiger partial charge in [-0.1, -0.05) is 25.4 Å². The first-order chi connectivity index (χ1) is 13.0. The van der Waals surface area contributed by atoms with E-state index in [-0.39, 0.29) is 16.7 Å². The van der Waals surface area contributed by atoms with Gasteiger partial charge in [0, 0.05) is 5.69 Å². The van der Waals surface area contributed by atoms with Crippen molar-refractivity contribution in [3.05, 3.63) is 40.7 Å². The molecular weight excluding hydrogens is 400 g/mol. The Morgan fingerprint density at radius 1 is 1.21 bits per heavy atom. The second kappa shape index (κ2) is 8.96. The topological polar surface area (TPSA) is 93.1 Å². The second-order valence-corrected chi connectivity index (χ2v) is 9.58. The quantitative estimate of drug-likeness (QED) is 0.663. The molecule has 1 unspecified atom stereocenters. The zero-order chi connectivity index (χ0) is 21.1. The van der Waals surface area contributed by atoms with Crippen molar-refractivity contribution in [1.29, 1.82) is 0 Å². The number of amides is 1. The molecule has 1 atom stereocenters. The molecule has 0 aliphatic rings. The van der Waals surface area contributed by atoms with Crippen LogP contribution in [0.1, 0.15) is 44.6 Å². The number of carbonyl (C=O) groups is 1. The molecule has 2 aromatic rings. The van der Waals surface area contributed by atoms with Crippen molar-refractivity contribution < 1.29 is 13.2 Å². The summed E-state index contributed by atoms with van der Waals surface area (Å²) in [5.74, 6) is 0.0707. The number of rotatable bonds is 8. The predicted molar refractivity (Wildman–Crippen MR) is 113 cm³/mol. The molecule has 0 spiro atoms. The summed E-state index contributed by atoms with van der Waals surface area (Å²) in [6.45, 7) is 9.44. The average molecular weight is 427 g/mol. The number of carbonyl (C=O) groups excluding carboxylic acids is 1. The van der Waals surface area contributed by atoms with Gasteiger partial charge in [-0.25, -0.2) is 8.42 Å². The monoisotopic (exact) mass is 426 g/mol. The number of aromatic nitrogens is 2. The van der Waals surface area contributed by atoms with E-state index in [0.717, 1.165) is 11.4 Å². The molecule has 154 valence electrons. The number of benzene rings is 1. The van der Waals surface area contributed by atoms with E-state index in [9.17, 15) is 13.2 Å². The molecule has 1 aromatic heterocycles. The SMILES string of the molecule is Cc1cc(C)n(C(C)C(=O)Nc2ccc(NS(=O)(=O)CCC(C)C)cc2Cl)n1. The number of hydrogen-bond donors (Lipinski definition) is 2. The van der Waals surface area contributed by atoms with Gasteiger partial charge < -0.3 is 5.32 Å². The molecule has 0 bridgehead atoms. The molecule has 7 nitrogen and oxygen atoms in total. The van der Waals surface area contributed by atoms with Crippen molar-refractivity contribution in [2.45, 2.75) is 47.1 Å². The molecule has 1 aromatic carbocycles. The van der Waals surface area contributed by atoms with E-state index in [0.29, 0.717) is 23.7 Å². The molecule has 0 fully saturated rings. The number of hydrogen-bond acceptors (Lipinski definition) is 4. The number of halogens is 1. The molecule has 2 N–H and O–H groups in total. The summed E-state index contributed by atoms with van der Waals surface area (Å²) in [6.07, 6.45) is 0.571. The Balaban J connectivity index is 2.08. The average Bonchev–Trinajstić information content (AvgIpc) is 2.93. The highest BCUT2D eigenvalue weighted by atomic mass is 35.5. The van der Waals surface area contributed by atoms with E-state index in [1.165, 1.54) is 6.07 Å². The van der Waals surface area contributed by atoms with Crippen LogP contribution in [0.2, 0.25) is 5.02 Å². The molecule has 0 saturated heterocycles. The van der Waals surface area contributed by atoms with Crippen LogP contribution in [0.5, 0.6) is 0 Å². The van der Waals surface area contributed by atoms with Gasteiger partial charge in [0.1, 0.15) is 6.04 Å². The summed E-state index contributed by atoms with van der Waals surface area (Å²) >= 11 is 6.24. The maximum absolute atomic E-state index is 12.5. The van der Waals surface area contributed by atoms with Crippen molar-refractivity contribution >= 4 is 38.9 Å². The van der Waals surface area contributed by atoms with Gasteiger partial charge >= 0.3 is 0 Å². The molecule has 2 rings (SSSR count). The normalized spacial score (nSPS) is 12.8. The van der Waals surface area contributed by atoms with E-state index < -0.39 is 16.1 Å². The van der Waals surface area contributed by atoms with Crippen LogP contribution in [0.15, 0.2) is 24.3 Å². The number of aryl methyl sites for hydroxylation is 2. The molecule has 1 amide bonds. The van der Waals surface area contributed by atoms with Gasteiger partial charge in [0.15, 0.2) is 0 Å². The van der Waals surface area contributed by atoms with Crippen LogP contribution in [0.3, 0.4) is 0 Å². The Morgan fingerprint density at radius 3 is 2.43 bits per heavy atom. The van der Waals surface area contributed by atoms with Crippen LogP contribution in [0.4, 0.5) is 11.4 Å². The summed E-state index contributed by atoms with van der Waals surface area (Å²) in [4.78, 5) is 12.5. The zero-order valence-corrected chi connectivity index (χ0v) is 18.4. The Bertz CT molecular complexity index is 954. The third kappa shape index (κ3) is 5.97. The lowest BCUT2D eigenvalue weighted by Crippen LogP contribution is -2.25. The molecule has 0 saturated carbocycles. The minimum atomic E-state index is -3.44. The number of nitrogens with one attached hydrogen (secondary N) is 2. The fraction of sp³-hybridized carbons (Fsp3) is 0.474. The van der Waals surface area contributed by atoms with E-state index in [1.54, 1.807) is 23.7 Å². The Hall–Kier alpha value is -2.06. The first kappa shape index (κ1) is 22.2. The molecule has 9 heteroatoms. The highest BCUT2D eigenvalue weighted by molar-refractivity contribution is 7.92. The number of nitrogens with zero attached hydrogens (tertiary/aromatic N) is 2. The summed E-state index contributed by atoms with van der Waals surface area (Å²) in [5.41, 5.74) is 2.49. The minimum Gasteiger partial charge on any atom is -0.323 e. The summed E-state index contributed by atoms with van der Waals surface area (Å²) in [5, 5.41) is 7.34. The predicted octanol–water partition coefficient (Wildman–Crippen LogP) is 4.14. The van der Waals surface area contributed by atoms with Crippen LogP contribution in [0, 0.1) is 19.8 Å². The van der Waals surface area contributed by atoms with E-state index >= 15 is 0 Å². The molecule has 1 heterocycles. The lowest BCUT2D eigenvalue weighted by atomic mass is 10.2. The Morgan fingerprint density at radius 2 is 1.89 bits per heavy atom. The van der Waals surface area contributed by atoms with Crippen LogP contribution >= 0.6 is 11.6 Å². The molecule has 28 heavy (non-hydrogen) atoms. The number of sulfonamides is 1. The first-order valence-corrected chi connectivity index (χ1v) is 11.1. The van der Waals surface area contributed by atoms with Crippen molar-refractivity contribution in [3.63, 3.8) is 0 Å². The van der Waals surface area contributed by atoms with Crippen LogP contribution in [-0.2, 0) is 14.8 Å². The minimum absolute atomic E-state index is 0.0426. The van der Waals surface area contributed by atoms with Gasteiger partial charge in [0.05, 0.1) is 27.8 Å². The molecular formula is C19H27ClN4O3S. The lowest BCUT2D eigenvalue weighted by molar-refractivity contribution is -0.119. The lowest BCUT2D eigenvalue weighted by Gasteiger charge is -2.16. The molecule has 0 radical (unpaired) electrons. The largest absolute Gasteiger partial charge is 0.323 e. The van der Waals surface area contributed by atoms with Crippen LogP contribution in [0.25, 0.3) is 0 Å². The molecule has 0 aliphatic heterocycles. The van der Waals surface area contributed by atoms with Gasteiger partial charge in [-0.2, -0.15) is 5.10 Å². The van der Waals surface area contributed by atoms with Crippen LogP contribution in [-0.4, -0.2) is 29.9 Å². The highest BCUT2D eigenvalue weighted by Crippen LogP contribution is 2.27. The number of anilines is 2. The first-order valence-electron chi connectivity index (χ1n) is 9.12. The fourth-order valence-corrected chi connectivity index (χ4v) is 4.29. The second-order valence-electron chi connectivity index (χ2n) is 7.33. The van der Waals surface area contributed by atoms with Crippen molar-refractivity contribution in [3.8, 4) is 0 Å². The van der Waals surface area contributed by atoms with Gasteiger partial charge in [-0.3, -0.25) is 14.2 Å². The third-order valence-electron chi connectivity index (χ3n) is 4.26. The molecule has 0 aliphatic carbocycles. The van der Waals surface area contributed by atoms with E-state index in [1.807, 2.05) is 33.8 Å². The van der Waals surface area contributed by atoms with Crippen molar-refractivity contribution in [2.75, 3.05) is 15.8 Å². The highest BCUT2D eigenvalue weighted by Gasteiger charge is 2.19. The Labute approximate surface area is 171 Å². The van der Waals surface area contributed by atoms with Crippen molar-refractivity contribution in [1.82, 2.24) is 9.78 Å². The summed E-state index contributed by atoms with van der Waals surface area (Å²) in [7, 11) is -3.44. The van der Waals surface area contributed by atoms with Gasteiger partial charge in [0.2, 0.25) is 15.9 Å². The fourth-order valence-electron chi connectivity index (χ4n) is 2.69. The van der Waals surface area contributed by atoms with Gasteiger partial charge in [0.25, 0.3) is 0 Å². The third-order valence-corrected chi connectivity index (χ3v) is 5.89. The smallest absolute Gasteiger partial charge is 0.248 e. The van der Waals surface area contributed by atoms with Gasteiger partial charge in [-0.15, -0.1) is 0 Å². The maximum Gasteiger partial charge on any atom is 0.248 e. The summed E-state index contributed by atoms with van der Waals surface area (Å²) in [6, 6.07) is 6.02. The Kier molecular flexibility index (Phi) is 7.11. The zero-order valence-electron chi connectivity index (χ0n) is 16.8.